The molecule has 5 rings (SSSR count). The molecule has 0 spiro atoms. The molecule has 1 amide bonds. The fourth-order valence-electron chi connectivity index (χ4n) is 4.28. The van der Waals surface area contributed by atoms with Gasteiger partial charge in [0.1, 0.15) is 11.3 Å². The Labute approximate surface area is 201 Å². The van der Waals surface area contributed by atoms with Crippen molar-refractivity contribution in [3.05, 3.63) is 86.2 Å². The van der Waals surface area contributed by atoms with E-state index in [1.807, 2.05) is 38.1 Å². The van der Waals surface area contributed by atoms with Crippen LogP contribution in [0, 0.1) is 13.8 Å². The number of hydrogen-bond acceptors (Lipinski definition) is 6. The van der Waals surface area contributed by atoms with Gasteiger partial charge >= 0.3 is 0 Å². The number of benzene rings is 2. The van der Waals surface area contributed by atoms with Crippen LogP contribution in [0.4, 0.5) is 5.13 Å². The lowest BCUT2D eigenvalue weighted by Crippen LogP contribution is -2.29. The number of amides is 1. The molecule has 0 radical (unpaired) electrons. The summed E-state index contributed by atoms with van der Waals surface area (Å²) in [4.78, 5) is 34.4. The molecule has 1 atom stereocenters. The van der Waals surface area contributed by atoms with Crippen LogP contribution < -0.4 is 15.1 Å². The van der Waals surface area contributed by atoms with E-state index in [0.717, 1.165) is 41.1 Å². The summed E-state index contributed by atoms with van der Waals surface area (Å²) in [6, 6.07) is 14.0. The van der Waals surface area contributed by atoms with Gasteiger partial charge < -0.3 is 9.15 Å². The SMILES string of the molecule is CCCCCOc1ccc([C@@H]2c3c(oc4ccccc4c3=O)C(=O)N2c2nc(C)c(C)s2)cc1. The van der Waals surface area contributed by atoms with E-state index in [4.69, 9.17) is 9.15 Å². The van der Waals surface area contributed by atoms with Crippen LogP contribution >= 0.6 is 11.3 Å². The highest BCUT2D eigenvalue weighted by atomic mass is 32.1. The number of nitrogens with zero attached hydrogens (tertiary/aromatic N) is 2. The Balaban J connectivity index is 1.61. The summed E-state index contributed by atoms with van der Waals surface area (Å²) in [6.07, 6.45) is 3.28. The first kappa shape index (κ1) is 22.3. The number of anilines is 1. The summed E-state index contributed by atoms with van der Waals surface area (Å²) in [7, 11) is 0. The van der Waals surface area contributed by atoms with Gasteiger partial charge in [0, 0.05) is 4.88 Å². The first-order chi connectivity index (χ1) is 16.5. The average molecular weight is 475 g/mol. The number of rotatable bonds is 7. The third-order valence-corrected chi connectivity index (χ3v) is 7.29. The minimum atomic E-state index is -0.623. The minimum absolute atomic E-state index is 0.0825. The molecule has 0 saturated heterocycles. The van der Waals surface area contributed by atoms with Crippen molar-refractivity contribution < 1.29 is 13.9 Å². The molecule has 1 aliphatic rings. The normalized spacial score (nSPS) is 15.2. The van der Waals surface area contributed by atoms with Gasteiger partial charge in [-0.3, -0.25) is 14.5 Å². The van der Waals surface area contributed by atoms with Crippen LogP contribution in [0.1, 0.15) is 64.5 Å². The lowest BCUT2D eigenvalue weighted by molar-refractivity contribution is 0.0971. The predicted molar refractivity (Wildman–Crippen MR) is 134 cm³/mol. The molecule has 0 unspecified atom stereocenters. The van der Waals surface area contributed by atoms with Crippen molar-refractivity contribution in [3.8, 4) is 5.75 Å². The number of unbranched alkanes of at least 4 members (excludes halogenated alkanes) is 2. The van der Waals surface area contributed by atoms with Gasteiger partial charge in [0.05, 0.1) is 29.3 Å². The molecule has 34 heavy (non-hydrogen) atoms. The van der Waals surface area contributed by atoms with Crippen molar-refractivity contribution >= 4 is 33.3 Å². The molecule has 2 aromatic heterocycles. The van der Waals surface area contributed by atoms with Gasteiger partial charge in [-0.15, -0.1) is 11.3 Å². The third-order valence-electron chi connectivity index (χ3n) is 6.21. The smallest absolute Gasteiger partial charge is 0.297 e. The van der Waals surface area contributed by atoms with Crippen molar-refractivity contribution in [1.82, 2.24) is 4.98 Å². The highest BCUT2D eigenvalue weighted by Crippen LogP contribution is 2.43. The van der Waals surface area contributed by atoms with Gasteiger partial charge in [-0.05, 0) is 50.1 Å². The molecule has 0 bridgehead atoms. The average Bonchev–Trinajstić information content (AvgIpc) is 3.33. The molecule has 4 aromatic rings. The van der Waals surface area contributed by atoms with E-state index in [9.17, 15) is 9.59 Å². The number of aryl methyl sites for hydroxylation is 2. The second kappa shape index (κ2) is 9.06. The number of hydrogen-bond donors (Lipinski definition) is 0. The molecule has 0 fully saturated rings. The van der Waals surface area contributed by atoms with E-state index in [2.05, 4.69) is 11.9 Å². The number of para-hydroxylation sites is 1. The molecule has 3 heterocycles. The van der Waals surface area contributed by atoms with E-state index >= 15 is 0 Å². The number of aromatic nitrogens is 1. The Morgan fingerprint density at radius 3 is 2.53 bits per heavy atom. The van der Waals surface area contributed by atoms with Crippen molar-refractivity contribution in [2.45, 2.75) is 46.1 Å². The third kappa shape index (κ3) is 3.80. The molecule has 6 nitrogen and oxygen atoms in total. The lowest BCUT2D eigenvalue weighted by atomic mass is 9.98. The first-order valence-electron chi connectivity index (χ1n) is 11.6. The standard InChI is InChI=1S/C27H26N2O4S/c1-4-5-8-15-32-19-13-11-18(12-14-19)23-22-24(30)20-9-6-7-10-21(20)33-25(22)26(31)29(23)27-28-16(2)17(3)34-27/h6-7,9-14,23H,4-5,8,15H2,1-3H3/t23-/m1/s1. The quantitative estimate of drug-likeness (QED) is 0.299. The number of carbonyl (C=O) groups excluding carboxylic acids is 1. The summed E-state index contributed by atoms with van der Waals surface area (Å²) in [6.45, 7) is 6.71. The van der Waals surface area contributed by atoms with Gasteiger partial charge in [-0.2, -0.15) is 0 Å². The van der Waals surface area contributed by atoms with Gasteiger partial charge in [-0.25, -0.2) is 4.98 Å². The van der Waals surface area contributed by atoms with Crippen molar-refractivity contribution in [2.24, 2.45) is 0 Å². The molecule has 2 aromatic carbocycles. The van der Waals surface area contributed by atoms with Crippen molar-refractivity contribution in [3.63, 3.8) is 0 Å². The number of fused-ring (bicyclic) bond motifs is 2. The maximum Gasteiger partial charge on any atom is 0.297 e. The maximum absolute atomic E-state index is 13.6. The summed E-state index contributed by atoms with van der Waals surface area (Å²) >= 11 is 1.44. The number of thiazole rings is 1. The van der Waals surface area contributed by atoms with E-state index in [0.29, 0.717) is 28.3 Å². The molecular weight excluding hydrogens is 448 g/mol. The zero-order valence-electron chi connectivity index (χ0n) is 19.5. The summed E-state index contributed by atoms with van der Waals surface area (Å²) < 4.78 is 11.9. The molecule has 7 heteroatoms. The van der Waals surface area contributed by atoms with Crippen molar-refractivity contribution in [2.75, 3.05) is 11.5 Å². The van der Waals surface area contributed by atoms with Crippen LogP contribution in [-0.4, -0.2) is 17.5 Å². The number of carbonyl (C=O) groups is 1. The molecule has 174 valence electrons. The lowest BCUT2D eigenvalue weighted by Gasteiger charge is -2.22. The Morgan fingerprint density at radius 2 is 1.82 bits per heavy atom. The van der Waals surface area contributed by atoms with Gasteiger partial charge in [-0.1, -0.05) is 44.0 Å². The zero-order chi connectivity index (χ0) is 23.8. The van der Waals surface area contributed by atoms with Gasteiger partial charge in [0.25, 0.3) is 5.91 Å². The van der Waals surface area contributed by atoms with E-state index in [-0.39, 0.29) is 17.1 Å². The molecule has 0 aliphatic carbocycles. The fourth-order valence-corrected chi connectivity index (χ4v) is 5.22. The fraction of sp³-hybridized carbons (Fsp3) is 0.296. The van der Waals surface area contributed by atoms with Crippen LogP contribution in [0.3, 0.4) is 0 Å². The minimum Gasteiger partial charge on any atom is -0.494 e. The predicted octanol–water partition coefficient (Wildman–Crippen LogP) is 6.19. The van der Waals surface area contributed by atoms with Crippen LogP contribution in [-0.2, 0) is 0 Å². The maximum atomic E-state index is 13.6. The van der Waals surface area contributed by atoms with Crippen LogP contribution in [0.2, 0.25) is 0 Å². The Morgan fingerprint density at radius 1 is 1.06 bits per heavy atom. The second-order valence-electron chi connectivity index (χ2n) is 8.51. The second-order valence-corrected chi connectivity index (χ2v) is 9.69. The zero-order valence-corrected chi connectivity index (χ0v) is 20.3. The largest absolute Gasteiger partial charge is 0.494 e. The molecule has 1 aliphatic heterocycles. The summed E-state index contributed by atoms with van der Waals surface area (Å²) in [5.41, 5.74) is 2.24. The molecule has 0 N–H and O–H groups in total. The highest BCUT2D eigenvalue weighted by Gasteiger charge is 2.45. The van der Waals surface area contributed by atoms with E-state index in [1.54, 1.807) is 29.2 Å². The summed E-state index contributed by atoms with van der Waals surface area (Å²) in [5.74, 6) is 0.498. The molecule has 0 saturated carbocycles. The van der Waals surface area contributed by atoms with Crippen LogP contribution in [0.5, 0.6) is 5.75 Å². The van der Waals surface area contributed by atoms with Crippen LogP contribution in [0.25, 0.3) is 11.0 Å². The van der Waals surface area contributed by atoms with Gasteiger partial charge in [0.15, 0.2) is 10.6 Å². The number of ether oxygens (including phenoxy) is 1. The highest BCUT2D eigenvalue weighted by molar-refractivity contribution is 7.15. The summed E-state index contributed by atoms with van der Waals surface area (Å²) in [5, 5.41) is 1.02. The van der Waals surface area contributed by atoms with E-state index < -0.39 is 6.04 Å². The van der Waals surface area contributed by atoms with Crippen LogP contribution in [0.15, 0.2) is 57.7 Å². The van der Waals surface area contributed by atoms with Gasteiger partial charge in [0.2, 0.25) is 5.76 Å². The van der Waals surface area contributed by atoms with E-state index in [1.165, 1.54) is 11.3 Å². The van der Waals surface area contributed by atoms with Crippen molar-refractivity contribution in [1.29, 1.82) is 0 Å². The first-order valence-corrected chi connectivity index (χ1v) is 12.4. The molecular formula is C27H26N2O4S. The Bertz CT molecular complexity index is 1400. The topological polar surface area (TPSA) is 72.6 Å². The Kier molecular flexibility index (Phi) is 5.96. The monoisotopic (exact) mass is 474 g/mol. The Hall–Kier alpha value is -3.45.